The topological polar surface area (TPSA) is 30.5 Å². The summed E-state index contributed by atoms with van der Waals surface area (Å²) in [5, 5.41) is 5.94. The van der Waals surface area contributed by atoms with Crippen molar-refractivity contribution in [3.8, 4) is 28.3 Å². The molecule has 2 aromatic heterocycles. The van der Waals surface area contributed by atoms with Crippen LogP contribution in [0.2, 0.25) is 0 Å². The predicted molar refractivity (Wildman–Crippen MR) is 255 cm³/mol. The van der Waals surface area contributed by atoms with Crippen LogP contribution in [0.3, 0.4) is 0 Å². The van der Waals surface area contributed by atoms with Crippen LogP contribution in [0.15, 0.2) is 205 Å². The molecule has 9 aromatic carbocycles. The Morgan fingerprint density at radius 2 is 1.18 bits per heavy atom. The van der Waals surface area contributed by atoms with Crippen molar-refractivity contribution in [1.82, 2.24) is 4.57 Å². The van der Waals surface area contributed by atoms with Crippen LogP contribution in [-0.2, 0) is 5.41 Å². The van der Waals surface area contributed by atoms with Crippen LogP contribution in [-0.4, -0.2) is 4.57 Å². The highest BCUT2D eigenvalue weighted by atomic mass is 16.5. The number of ether oxygens (including phenoxy) is 1. The summed E-state index contributed by atoms with van der Waals surface area (Å²) in [5.41, 5.74) is 14.9. The van der Waals surface area contributed by atoms with Crippen molar-refractivity contribution >= 4 is 66.7 Å². The van der Waals surface area contributed by atoms with Gasteiger partial charge in [-0.3, -0.25) is 0 Å². The van der Waals surface area contributed by atoms with E-state index in [1.54, 1.807) is 0 Å². The number of para-hydroxylation sites is 4. The molecule has 2 aliphatic rings. The van der Waals surface area contributed by atoms with E-state index in [-0.39, 0.29) is 0 Å². The number of hydrogen-bond donors (Lipinski definition) is 0. The zero-order valence-electron chi connectivity index (χ0n) is 34.0. The maximum atomic E-state index is 6.75. The maximum absolute atomic E-state index is 6.75. The first-order valence-corrected chi connectivity index (χ1v) is 21.2. The third kappa shape index (κ3) is 4.61. The number of anilines is 3. The number of aryl methyl sites for hydroxylation is 1. The van der Waals surface area contributed by atoms with E-state index in [1.165, 1.54) is 43.8 Å². The Hall–Kier alpha value is -8.08. The lowest BCUT2D eigenvalue weighted by atomic mass is 9.58. The number of benzene rings is 9. The molecule has 1 aliphatic carbocycles. The number of nitrogens with zero attached hydrogens (tertiary/aromatic N) is 2. The highest BCUT2D eigenvalue weighted by molar-refractivity contribution is 6.12. The van der Waals surface area contributed by atoms with E-state index < -0.39 is 5.41 Å². The van der Waals surface area contributed by atoms with Gasteiger partial charge < -0.3 is 18.6 Å². The molecule has 0 amide bonds. The van der Waals surface area contributed by atoms with Crippen LogP contribution < -0.4 is 9.64 Å². The minimum atomic E-state index is -0.659. The van der Waals surface area contributed by atoms with Crippen LogP contribution in [0.1, 0.15) is 33.6 Å². The summed E-state index contributed by atoms with van der Waals surface area (Å²) in [6.45, 7) is 6.21. The molecule has 1 aliphatic heterocycles. The van der Waals surface area contributed by atoms with E-state index >= 15 is 0 Å². The molecular formula is C58H38N2O2. The molecule has 1 spiro atoms. The van der Waals surface area contributed by atoms with Crippen LogP contribution in [0.4, 0.5) is 17.1 Å². The summed E-state index contributed by atoms with van der Waals surface area (Å²) in [5.74, 6) is 2.61. The van der Waals surface area contributed by atoms with Crippen molar-refractivity contribution in [2.45, 2.75) is 12.3 Å². The fraction of sp³-hybridized carbons (Fsp3) is 0.0345. The first-order chi connectivity index (χ1) is 30.6. The minimum Gasteiger partial charge on any atom is -0.461 e. The first-order valence-electron chi connectivity index (χ1n) is 21.2. The summed E-state index contributed by atoms with van der Waals surface area (Å²) >= 11 is 0. The number of rotatable bonds is 5. The standard InChI is InChI=1S/C58H38N2O2/c1-3-41-36(2)61-55-29-15-26-51(57(41)55)60-50-25-10-7-20-43(50)44-33-31-40(35-52(44)60)59(38-18-5-4-6-19-38)39-30-32-42-45-21-13-16-37-17-14-24-48(56(37)45)58(49(42)34-39)46-22-8-11-27-53(46)62-54-28-12-9-23-47(54)58/h3-35H,1H2,2H3. The van der Waals surface area contributed by atoms with E-state index in [2.05, 4.69) is 204 Å². The molecule has 11 aromatic rings. The Balaban J connectivity index is 1.11. The molecule has 13 rings (SSSR count). The summed E-state index contributed by atoms with van der Waals surface area (Å²) in [4.78, 5) is 2.41. The summed E-state index contributed by atoms with van der Waals surface area (Å²) < 4.78 is 15.5. The number of hydrogen-bond acceptors (Lipinski definition) is 3. The number of aromatic nitrogens is 1. The highest BCUT2D eigenvalue weighted by Crippen LogP contribution is 2.61. The first kappa shape index (κ1) is 34.8. The second kappa shape index (κ2) is 13.0. The molecule has 0 saturated heterocycles. The number of fused-ring (bicyclic) bond motifs is 12. The largest absolute Gasteiger partial charge is 0.461 e. The fourth-order valence-electron chi connectivity index (χ4n) is 10.9. The molecule has 0 N–H and O–H groups in total. The summed E-state index contributed by atoms with van der Waals surface area (Å²) in [6.07, 6.45) is 1.91. The van der Waals surface area contributed by atoms with Crippen LogP contribution >= 0.6 is 0 Å². The lowest BCUT2D eigenvalue weighted by Gasteiger charge is -2.45. The fourth-order valence-corrected chi connectivity index (χ4v) is 10.9. The van der Waals surface area contributed by atoms with Gasteiger partial charge in [-0.15, -0.1) is 0 Å². The third-order valence-electron chi connectivity index (χ3n) is 13.4. The summed E-state index contributed by atoms with van der Waals surface area (Å²) in [6, 6.07) is 70.5. The van der Waals surface area contributed by atoms with Crippen molar-refractivity contribution < 1.29 is 9.15 Å². The van der Waals surface area contributed by atoms with Gasteiger partial charge >= 0.3 is 0 Å². The van der Waals surface area contributed by atoms with Gasteiger partial charge in [-0.25, -0.2) is 0 Å². The molecular weight excluding hydrogens is 757 g/mol. The second-order valence-electron chi connectivity index (χ2n) is 16.4. The Kier molecular flexibility index (Phi) is 7.26. The van der Waals surface area contributed by atoms with Gasteiger partial charge in [0.2, 0.25) is 0 Å². The molecule has 4 heteroatoms. The molecule has 0 atom stereocenters. The van der Waals surface area contributed by atoms with Gasteiger partial charge in [0, 0.05) is 44.5 Å². The minimum absolute atomic E-state index is 0.659. The van der Waals surface area contributed by atoms with E-state index in [4.69, 9.17) is 9.15 Å². The smallest absolute Gasteiger partial charge is 0.137 e. The van der Waals surface area contributed by atoms with Crippen molar-refractivity contribution in [1.29, 1.82) is 0 Å². The lowest BCUT2D eigenvalue weighted by Crippen LogP contribution is -2.36. The van der Waals surface area contributed by atoms with Crippen LogP contribution in [0.25, 0.3) is 66.4 Å². The Morgan fingerprint density at radius 1 is 0.516 bits per heavy atom. The molecule has 4 nitrogen and oxygen atoms in total. The molecule has 0 fully saturated rings. The monoisotopic (exact) mass is 794 g/mol. The maximum Gasteiger partial charge on any atom is 0.137 e. The van der Waals surface area contributed by atoms with Crippen molar-refractivity contribution in [2.24, 2.45) is 0 Å². The predicted octanol–water partition coefficient (Wildman–Crippen LogP) is 15.6. The summed E-state index contributed by atoms with van der Waals surface area (Å²) in [7, 11) is 0. The van der Waals surface area contributed by atoms with Crippen LogP contribution in [0.5, 0.6) is 11.5 Å². The molecule has 0 radical (unpaired) electrons. The van der Waals surface area contributed by atoms with Gasteiger partial charge in [-0.1, -0.05) is 140 Å². The van der Waals surface area contributed by atoms with Crippen molar-refractivity contribution in [3.05, 3.63) is 234 Å². The van der Waals surface area contributed by atoms with E-state index in [9.17, 15) is 0 Å². The normalized spacial score (nSPS) is 13.2. The van der Waals surface area contributed by atoms with Gasteiger partial charge in [0.15, 0.2) is 0 Å². The molecule has 292 valence electrons. The van der Waals surface area contributed by atoms with Gasteiger partial charge in [0.1, 0.15) is 22.8 Å². The highest BCUT2D eigenvalue weighted by Gasteiger charge is 2.49. The zero-order chi connectivity index (χ0) is 41.1. The zero-order valence-corrected chi connectivity index (χ0v) is 34.0. The third-order valence-corrected chi connectivity index (χ3v) is 13.4. The average molecular weight is 795 g/mol. The van der Waals surface area contributed by atoms with E-state index in [0.717, 1.165) is 78.7 Å². The average Bonchev–Trinajstić information content (AvgIpc) is 3.84. The van der Waals surface area contributed by atoms with Crippen LogP contribution in [0, 0.1) is 6.92 Å². The van der Waals surface area contributed by atoms with Crippen molar-refractivity contribution in [2.75, 3.05) is 4.90 Å². The Labute approximate surface area is 358 Å². The molecule has 0 bridgehead atoms. The number of furan rings is 1. The second-order valence-corrected chi connectivity index (χ2v) is 16.4. The Morgan fingerprint density at radius 3 is 1.98 bits per heavy atom. The van der Waals surface area contributed by atoms with Gasteiger partial charge in [0.25, 0.3) is 0 Å². The molecule has 62 heavy (non-hydrogen) atoms. The quantitative estimate of drug-likeness (QED) is 0.174. The Bertz CT molecular complexity index is 3610. The van der Waals surface area contributed by atoms with Gasteiger partial charge in [0.05, 0.1) is 27.5 Å². The lowest BCUT2D eigenvalue weighted by molar-refractivity contribution is 0.435. The van der Waals surface area contributed by atoms with Crippen molar-refractivity contribution in [3.63, 3.8) is 0 Å². The van der Waals surface area contributed by atoms with E-state index in [1.807, 2.05) is 19.1 Å². The molecule has 3 heterocycles. The van der Waals surface area contributed by atoms with Gasteiger partial charge in [-0.2, -0.15) is 0 Å². The van der Waals surface area contributed by atoms with Gasteiger partial charge in [-0.05, 0) is 107 Å². The molecule has 0 saturated carbocycles. The SMILES string of the molecule is C=Cc1c(C)oc2cccc(-n3c4ccccc4c4ccc(N(c5ccccc5)c5ccc6c(c5)C5(c7ccccc7Oc7ccccc75)c5cccc7cccc-6c57)cc43)c12. The molecule has 0 unspecified atom stereocenters. The van der Waals surface area contributed by atoms with E-state index in [0.29, 0.717) is 0 Å².